The van der Waals surface area contributed by atoms with Crippen LogP contribution >= 0.6 is 15.9 Å². The van der Waals surface area contributed by atoms with E-state index >= 15 is 0 Å². The first kappa shape index (κ1) is 14.4. The van der Waals surface area contributed by atoms with Gasteiger partial charge in [0.1, 0.15) is 11.6 Å². The maximum Gasteiger partial charge on any atom is 0.133 e. The molecule has 0 aliphatic heterocycles. The molecule has 1 aliphatic carbocycles. The van der Waals surface area contributed by atoms with Gasteiger partial charge < -0.3 is 10.1 Å². The topological polar surface area (TPSA) is 21.3 Å². The molecule has 1 N–H and O–H groups in total. The molecule has 0 radical (unpaired) electrons. The molecular weight excluding hydrogens is 333 g/mol. The Morgan fingerprint density at radius 2 is 2.00 bits per heavy atom. The highest BCUT2D eigenvalue weighted by atomic mass is 79.9. The lowest BCUT2D eigenvalue weighted by molar-refractivity contribution is 0.373. The number of ether oxygens (including phenoxy) is 1. The van der Waals surface area contributed by atoms with Crippen LogP contribution in [0.1, 0.15) is 24.3 Å². The van der Waals surface area contributed by atoms with Crippen molar-refractivity contribution in [2.45, 2.75) is 24.8 Å². The quantitative estimate of drug-likeness (QED) is 0.842. The molecule has 0 atom stereocenters. The number of rotatable bonds is 4. The van der Waals surface area contributed by atoms with Gasteiger partial charge in [-0.1, -0.05) is 12.1 Å². The van der Waals surface area contributed by atoms with Crippen molar-refractivity contribution >= 4 is 21.6 Å². The third-order valence-corrected chi connectivity index (χ3v) is 4.60. The molecule has 0 bridgehead atoms. The summed E-state index contributed by atoms with van der Waals surface area (Å²) in [6.45, 7) is 0. The number of hydrogen-bond acceptors (Lipinski definition) is 2. The maximum absolute atomic E-state index is 13.2. The molecule has 0 saturated heterocycles. The highest BCUT2D eigenvalue weighted by Gasteiger charge is 2.30. The van der Waals surface area contributed by atoms with Gasteiger partial charge >= 0.3 is 0 Å². The van der Waals surface area contributed by atoms with E-state index in [0.29, 0.717) is 12.0 Å². The zero-order valence-corrected chi connectivity index (χ0v) is 13.4. The Hall–Kier alpha value is -1.55. The van der Waals surface area contributed by atoms with Crippen molar-refractivity contribution in [2.75, 3.05) is 12.4 Å². The molecule has 2 aromatic carbocycles. The van der Waals surface area contributed by atoms with Crippen molar-refractivity contribution < 1.29 is 9.13 Å². The van der Waals surface area contributed by atoms with E-state index in [4.69, 9.17) is 4.74 Å². The smallest absolute Gasteiger partial charge is 0.133 e. The number of nitrogens with one attached hydrogen (secondary N) is 1. The second-order valence-electron chi connectivity index (χ2n) is 5.41. The summed E-state index contributed by atoms with van der Waals surface area (Å²) in [7, 11) is 1.66. The van der Waals surface area contributed by atoms with Gasteiger partial charge in [0, 0.05) is 11.7 Å². The zero-order chi connectivity index (χ0) is 14.8. The van der Waals surface area contributed by atoms with Gasteiger partial charge in [-0.15, -0.1) is 0 Å². The number of hydrogen-bond donors (Lipinski definition) is 1. The lowest BCUT2D eigenvalue weighted by Gasteiger charge is -2.37. The van der Waals surface area contributed by atoms with E-state index in [1.807, 2.05) is 24.3 Å². The summed E-state index contributed by atoms with van der Waals surface area (Å²) in [5.41, 5.74) is 2.18. The van der Waals surface area contributed by atoms with Crippen molar-refractivity contribution in [3.63, 3.8) is 0 Å². The summed E-state index contributed by atoms with van der Waals surface area (Å²) in [6.07, 6.45) is 2.07. The minimum absolute atomic E-state index is 0.150. The van der Waals surface area contributed by atoms with Gasteiger partial charge in [-0.3, -0.25) is 0 Å². The van der Waals surface area contributed by atoms with Crippen LogP contribution in [-0.2, 0) is 0 Å². The number of anilines is 1. The monoisotopic (exact) mass is 349 g/mol. The van der Waals surface area contributed by atoms with Crippen LogP contribution in [0.15, 0.2) is 46.9 Å². The van der Waals surface area contributed by atoms with E-state index in [9.17, 15) is 4.39 Å². The second-order valence-corrected chi connectivity index (χ2v) is 6.27. The Balaban J connectivity index is 1.58. The van der Waals surface area contributed by atoms with Crippen molar-refractivity contribution in [3.05, 3.63) is 58.3 Å². The zero-order valence-electron chi connectivity index (χ0n) is 11.8. The number of methoxy groups -OCH3 is 1. The van der Waals surface area contributed by atoms with Crippen molar-refractivity contribution in [2.24, 2.45) is 0 Å². The molecule has 0 unspecified atom stereocenters. The van der Waals surface area contributed by atoms with E-state index in [0.717, 1.165) is 34.3 Å². The number of benzene rings is 2. The first-order valence-electron chi connectivity index (χ1n) is 7.01. The molecule has 0 aromatic heterocycles. The minimum atomic E-state index is -0.150. The van der Waals surface area contributed by atoms with Crippen LogP contribution in [0.4, 0.5) is 10.1 Å². The van der Waals surface area contributed by atoms with Crippen LogP contribution in [0.5, 0.6) is 5.75 Å². The summed E-state index contributed by atoms with van der Waals surface area (Å²) < 4.78 is 19.4. The minimum Gasteiger partial charge on any atom is -0.496 e. The normalized spacial score (nSPS) is 20.7. The Labute approximate surface area is 132 Å². The SMILES string of the molecule is COc1ccc(NC2CC(c3cccc(F)c3)C2)cc1Br. The molecule has 1 saturated carbocycles. The fourth-order valence-corrected chi connectivity index (χ4v) is 3.30. The van der Waals surface area contributed by atoms with E-state index in [2.05, 4.69) is 21.2 Å². The lowest BCUT2D eigenvalue weighted by Crippen LogP contribution is -2.34. The highest BCUT2D eigenvalue weighted by molar-refractivity contribution is 9.10. The van der Waals surface area contributed by atoms with Gasteiger partial charge in [-0.25, -0.2) is 4.39 Å². The van der Waals surface area contributed by atoms with Crippen molar-refractivity contribution in [3.8, 4) is 5.75 Å². The molecule has 1 aliphatic rings. The fraction of sp³-hybridized carbons (Fsp3) is 0.294. The molecule has 3 rings (SSSR count). The van der Waals surface area contributed by atoms with Crippen LogP contribution in [0, 0.1) is 5.82 Å². The Morgan fingerprint density at radius 3 is 2.67 bits per heavy atom. The van der Waals surface area contributed by atoms with Gasteiger partial charge in [0.25, 0.3) is 0 Å². The van der Waals surface area contributed by atoms with Crippen LogP contribution in [0.3, 0.4) is 0 Å². The molecule has 0 spiro atoms. The molecular formula is C17H17BrFNO. The maximum atomic E-state index is 13.2. The van der Waals surface area contributed by atoms with E-state index < -0.39 is 0 Å². The molecule has 2 nitrogen and oxygen atoms in total. The molecule has 0 amide bonds. The fourth-order valence-electron chi connectivity index (χ4n) is 2.76. The van der Waals surface area contributed by atoms with Gasteiger partial charge in [-0.2, -0.15) is 0 Å². The average molecular weight is 350 g/mol. The predicted octanol–water partition coefficient (Wildman–Crippen LogP) is 4.95. The standard InChI is InChI=1S/C17H17BrFNO/c1-21-17-6-5-14(10-16(17)18)20-15-8-12(9-15)11-3-2-4-13(19)7-11/h2-7,10,12,15,20H,8-9H2,1H3. The summed E-state index contributed by atoms with van der Waals surface area (Å²) in [5.74, 6) is 1.13. The van der Waals surface area contributed by atoms with Crippen LogP contribution in [-0.4, -0.2) is 13.2 Å². The average Bonchev–Trinajstić information content (AvgIpc) is 2.42. The van der Waals surface area contributed by atoms with Crippen LogP contribution in [0.25, 0.3) is 0 Å². The summed E-state index contributed by atoms with van der Waals surface area (Å²) in [4.78, 5) is 0. The molecule has 110 valence electrons. The third-order valence-electron chi connectivity index (χ3n) is 3.98. The van der Waals surface area contributed by atoms with Crippen LogP contribution in [0.2, 0.25) is 0 Å². The Bertz CT molecular complexity index is 640. The largest absolute Gasteiger partial charge is 0.496 e. The Kier molecular flexibility index (Phi) is 4.15. The molecule has 0 heterocycles. The Morgan fingerprint density at radius 1 is 1.19 bits per heavy atom. The van der Waals surface area contributed by atoms with Crippen molar-refractivity contribution in [1.29, 1.82) is 0 Å². The third kappa shape index (κ3) is 3.21. The molecule has 1 fully saturated rings. The highest BCUT2D eigenvalue weighted by Crippen LogP contribution is 2.39. The summed E-state index contributed by atoms with van der Waals surface area (Å²) in [6, 6.07) is 13.3. The van der Waals surface area contributed by atoms with Crippen molar-refractivity contribution in [1.82, 2.24) is 0 Å². The first-order valence-corrected chi connectivity index (χ1v) is 7.80. The summed E-state index contributed by atoms with van der Waals surface area (Å²) in [5, 5.41) is 3.51. The van der Waals surface area contributed by atoms with E-state index in [-0.39, 0.29) is 5.82 Å². The molecule has 21 heavy (non-hydrogen) atoms. The van der Waals surface area contributed by atoms with Gasteiger partial charge in [-0.05, 0) is 70.6 Å². The lowest BCUT2D eigenvalue weighted by atomic mass is 9.76. The van der Waals surface area contributed by atoms with E-state index in [1.165, 1.54) is 6.07 Å². The van der Waals surface area contributed by atoms with E-state index in [1.54, 1.807) is 19.2 Å². The summed E-state index contributed by atoms with van der Waals surface area (Å²) >= 11 is 3.49. The number of halogens is 2. The second kappa shape index (κ2) is 6.06. The first-order chi connectivity index (χ1) is 10.2. The molecule has 2 aromatic rings. The van der Waals surface area contributed by atoms with Gasteiger partial charge in [0.05, 0.1) is 11.6 Å². The predicted molar refractivity (Wildman–Crippen MR) is 86.5 cm³/mol. The van der Waals surface area contributed by atoms with Gasteiger partial charge in [0.2, 0.25) is 0 Å². The molecule has 4 heteroatoms. The van der Waals surface area contributed by atoms with Gasteiger partial charge in [0.15, 0.2) is 0 Å². The van der Waals surface area contributed by atoms with Crippen LogP contribution < -0.4 is 10.1 Å².